The van der Waals surface area contributed by atoms with Crippen LogP contribution in [0.25, 0.3) is 0 Å². The highest BCUT2D eigenvalue weighted by molar-refractivity contribution is 5.97. The van der Waals surface area contributed by atoms with Crippen LogP contribution in [0.15, 0.2) is 11.6 Å². The van der Waals surface area contributed by atoms with Crippen molar-refractivity contribution in [2.45, 2.75) is 39.5 Å². The molecule has 0 atom stereocenters. The first-order chi connectivity index (χ1) is 8.58. The summed E-state index contributed by atoms with van der Waals surface area (Å²) in [5, 5.41) is 0. The minimum Gasteiger partial charge on any atom is -0.323 e. The van der Waals surface area contributed by atoms with E-state index in [0.717, 1.165) is 12.1 Å². The van der Waals surface area contributed by atoms with Crippen LogP contribution in [-0.4, -0.2) is 41.4 Å². The first kappa shape index (κ1) is 13.1. The normalized spacial score (nSPS) is 21.0. The molecular formula is C14H22N2O2. The van der Waals surface area contributed by atoms with Crippen molar-refractivity contribution < 1.29 is 9.59 Å². The van der Waals surface area contributed by atoms with Gasteiger partial charge in [-0.25, -0.2) is 4.79 Å². The van der Waals surface area contributed by atoms with E-state index in [0.29, 0.717) is 25.4 Å². The Labute approximate surface area is 109 Å². The van der Waals surface area contributed by atoms with Crippen LogP contribution < -0.4 is 0 Å². The first-order valence-electron chi connectivity index (χ1n) is 6.80. The number of imide groups is 1. The molecule has 1 saturated carbocycles. The molecule has 0 aromatic carbocycles. The molecule has 1 aliphatic heterocycles. The molecular weight excluding hydrogens is 228 g/mol. The molecule has 0 radical (unpaired) electrons. The van der Waals surface area contributed by atoms with Crippen LogP contribution in [0.1, 0.15) is 39.5 Å². The molecule has 100 valence electrons. The number of carbonyl (C=O) groups excluding carboxylic acids is 2. The molecule has 2 aliphatic rings. The van der Waals surface area contributed by atoms with Crippen molar-refractivity contribution in [2.75, 3.05) is 19.6 Å². The molecule has 0 aromatic heterocycles. The lowest BCUT2D eigenvalue weighted by Gasteiger charge is -2.38. The van der Waals surface area contributed by atoms with Gasteiger partial charge in [0.25, 0.3) is 0 Å². The largest absolute Gasteiger partial charge is 0.327 e. The van der Waals surface area contributed by atoms with Gasteiger partial charge in [0.1, 0.15) is 0 Å². The number of urea groups is 1. The van der Waals surface area contributed by atoms with Gasteiger partial charge in [-0.2, -0.15) is 0 Å². The highest BCUT2D eigenvalue weighted by Gasteiger charge is 2.33. The Hall–Kier alpha value is -1.32. The van der Waals surface area contributed by atoms with Gasteiger partial charge in [0.05, 0.1) is 0 Å². The lowest BCUT2D eigenvalue weighted by Crippen LogP contribution is -2.53. The van der Waals surface area contributed by atoms with Crippen LogP contribution in [0.5, 0.6) is 0 Å². The summed E-state index contributed by atoms with van der Waals surface area (Å²) in [6, 6.07) is -0.101. The van der Waals surface area contributed by atoms with E-state index in [-0.39, 0.29) is 11.9 Å². The summed E-state index contributed by atoms with van der Waals surface area (Å²) in [6.07, 6.45) is 6.14. The molecule has 0 N–H and O–H groups in total. The fourth-order valence-electron chi connectivity index (χ4n) is 2.35. The third-order valence-corrected chi connectivity index (χ3v) is 3.78. The Morgan fingerprint density at radius 3 is 2.61 bits per heavy atom. The van der Waals surface area contributed by atoms with Gasteiger partial charge in [-0.15, -0.1) is 0 Å². The maximum Gasteiger partial charge on any atom is 0.327 e. The van der Waals surface area contributed by atoms with Gasteiger partial charge in [0, 0.05) is 26.1 Å². The second-order valence-electron chi connectivity index (χ2n) is 5.56. The molecule has 1 aliphatic carbocycles. The predicted octanol–water partition coefficient (Wildman–Crippen LogP) is 2.41. The van der Waals surface area contributed by atoms with Gasteiger partial charge in [-0.3, -0.25) is 9.69 Å². The maximum atomic E-state index is 12.2. The average molecular weight is 250 g/mol. The fourth-order valence-corrected chi connectivity index (χ4v) is 2.35. The summed E-state index contributed by atoms with van der Waals surface area (Å²) < 4.78 is 0. The van der Waals surface area contributed by atoms with E-state index in [1.54, 1.807) is 0 Å². The average Bonchev–Trinajstić information content (AvgIpc) is 2.25. The van der Waals surface area contributed by atoms with Crippen LogP contribution in [0.4, 0.5) is 4.79 Å². The molecule has 4 heteroatoms. The van der Waals surface area contributed by atoms with Crippen molar-refractivity contribution in [3.05, 3.63) is 11.6 Å². The molecule has 0 aromatic rings. The van der Waals surface area contributed by atoms with Crippen LogP contribution in [-0.2, 0) is 4.79 Å². The molecule has 0 spiro atoms. The van der Waals surface area contributed by atoms with Gasteiger partial charge in [-0.1, -0.05) is 18.1 Å². The SMILES string of the molecule is CC(C)=CCN1C(=O)CCN(CC2CCC2)C1=O. The molecule has 3 amide bonds. The zero-order valence-corrected chi connectivity index (χ0v) is 11.3. The Balaban J connectivity index is 1.96. The number of allylic oxidation sites excluding steroid dienone is 1. The third kappa shape index (κ3) is 2.92. The van der Waals surface area contributed by atoms with Crippen LogP contribution in [0.2, 0.25) is 0 Å². The van der Waals surface area contributed by atoms with Gasteiger partial charge in [-0.05, 0) is 32.6 Å². The molecule has 0 bridgehead atoms. The Bertz CT molecular complexity index is 368. The van der Waals surface area contributed by atoms with E-state index >= 15 is 0 Å². The van der Waals surface area contributed by atoms with E-state index in [1.807, 2.05) is 24.8 Å². The van der Waals surface area contributed by atoms with E-state index in [1.165, 1.54) is 24.2 Å². The summed E-state index contributed by atoms with van der Waals surface area (Å²) in [5.74, 6) is 0.620. The number of carbonyl (C=O) groups is 2. The number of nitrogens with zero attached hydrogens (tertiary/aromatic N) is 2. The maximum absolute atomic E-state index is 12.2. The summed E-state index contributed by atoms with van der Waals surface area (Å²) >= 11 is 0. The minimum absolute atomic E-state index is 0.0395. The Morgan fingerprint density at radius 1 is 1.33 bits per heavy atom. The number of amides is 3. The highest BCUT2D eigenvalue weighted by Crippen LogP contribution is 2.28. The third-order valence-electron chi connectivity index (χ3n) is 3.78. The van der Waals surface area contributed by atoms with Gasteiger partial charge in [0.2, 0.25) is 5.91 Å². The summed E-state index contributed by atoms with van der Waals surface area (Å²) in [7, 11) is 0. The Morgan fingerprint density at radius 2 is 2.06 bits per heavy atom. The molecule has 1 saturated heterocycles. The van der Waals surface area contributed by atoms with Crippen LogP contribution in [0.3, 0.4) is 0 Å². The predicted molar refractivity (Wildman–Crippen MR) is 70.1 cm³/mol. The van der Waals surface area contributed by atoms with Crippen molar-refractivity contribution in [1.29, 1.82) is 0 Å². The molecule has 18 heavy (non-hydrogen) atoms. The van der Waals surface area contributed by atoms with E-state index in [4.69, 9.17) is 0 Å². The number of hydrogen-bond acceptors (Lipinski definition) is 2. The van der Waals surface area contributed by atoms with Crippen molar-refractivity contribution in [3.63, 3.8) is 0 Å². The lowest BCUT2D eigenvalue weighted by atomic mass is 9.85. The van der Waals surface area contributed by atoms with Crippen molar-refractivity contribution in [2.24, 2.45) is 5.92 Å². The van der Waals surface area contributed by atoms with E-state index < -0.39 is 0 Å². The number of rotatable bonds is 4. The topological polar surface area (TPSA) is 40.6 Å². The van der Waals surface area contributed by atoms with Gasteiger partial charge >= 0.3 is 6.03 Å². The van der Waals surface area contributed by atoms with Gasteiger partial charge < -0.3 is 4.90 Å². The van der Waals surface area contributed by atoms with E-state index in [2.05, 4.69) is 0 Å². The zero-order valence-electron chi connectivity index (χ0n) is 11.3. The standard InChI is InChI=1S/C14H22N2O2/c1-11(2)6-9-16-13(17)7-8-15(14(16)18)10-12-4-3-5-12/h6,12H,3-5,7-10H2,1-2H3. The lowest BCUT2D eigenvalue weighted by molar-refractivity contribution is -0.130. The molecule has 4 nitrogen and oxygen atoms in total. The van der Waals surface area contributed by atoms with Crippen molar-refractivity contribution in [3.8, 4) is 0 Å². The van der Waals surface area contributed by atoms with Gasteiger partial charge in [0.15, 0.2) is 0 Å². The first-order valence-corrected chi connectivity index (χ1v) is 6.80. The van der Waals surface area contributed by atoms with Crippen LogP contribution in [0, 0.1) is 5.92 Å². The summed E-state index contributed by atoms with van der Waals surface area (Å²) in [4.78, 5) is 27.2. The molecule has 2 fully saturated rings. The zero-order chi connectivity index (χ0) is 13.1. The second-order valence-corrected chi connectivity index (χ2v) is 5.56. The quantitative estimate of drug-likeness (QED) is 0.719. The summed E-state index contributed by atoms with van der Waals surface area (Å²) in [6.45, 7) is 5.80. The second kappa shape index (κ2) is 5.55. The summed E-state index contributed by atoms with van der Waals surface area (Å²) in [5.41, 5.74) is 1.13. The molecule has 0 unspecified atom stereocenters. The van der Waals surface area contributed by atoms with E-state index in [9.17, 15) is 9.59 Å². The monoisotopic (exact) mass is 250 g/mol. The fraction of sp³-hybridized carbons (Fsp3) is 0.714. The van der Waals surface area contributed by atoms with Crippen molar-refractivity contribution in [1.82, 2.24) is 9.80 Å². The molecule has 1 heterocycles. The smallest absolute Gasteiger partial charge is 0.323 e. The van der Waals surface area contributed by atoms with Crippen molar-refractivity contribution >= 4 is 11.9 Å². The number of hydrogen-bond donors (Lipinski definition) is 0. The van der Waals surface area contributed by atoms with Crippen LogP contribution >= 0.6 is 0 Å². The Kier molecular flexibility index (Phi) is 4.04. The highest BCUT2D eigenvalue weighted by atomic mass is 16.2. The minimum atomic E-state index is -0.101. The molecule has 2 rings (SSSR count).